The molecule has 1 aromatic rings. The first kappa shape index (κ1) is 9.10. The Hall–Kier alpha value is -0.990. The molecule has 0 aliphatic heterocycles. The van der Waals surface area contributed by atoms with Gasteiger partial charge in [0.25, 0.3) is 0 Å². The summed E-state index contributed by atoms with van der Waals surface area (Å²) in [5.41, 5.74) is 1.31. The maximum atomic E-state index is 11.2. The topological polar surface area (TPSA) is 46.0 Å². The summed E-state index contributed by atoms with van der Waals surface area (Å²) < 4.78 is 4.73. The summed E-state index contributed by atoms with van der Waals surface area (Å²) in [6.45, 7) is 8.01. The molecule has 0 bridgehead atoms. The van der Waals surface area contributed by atoms with E-state index in [1.54, 1.807) is 0 Å². The third kappa shape index (κ3) is 1.44. The van der Waals surface area contributed by atoms with Crippen LogP contribution in [-0.4, -0.2) is 5.16 Å². The van der Waals surface area contributed by atoms with Crippen molar-refractivity contribution in [1.29, 1.82) is 0 Å². The standard InChI is InChI=1S/C9H15NO2/c1-5-6-7(9(2,3)4)8(11)12-10-6/h10H,5H2,1-4H3. The second kappa shape index (κ2) is 2.81. The van der Waals surface area contributed by atoms with Crippen molar-refractivity contribution in [2.75, 3.05) is 0 Å². The van der Waals surface area contributed by atoms with Crippen molar-refractivity contribution >= 4 is 0 Å². The first-order valence-electron chi connectivity index (χ1n) is 4.17. The Bertz CT molecular complexity index is 314. The van der Waals surface area contributed by atoms with E-state index in [-0.39, 0.29) is 11.0 Å². The van der Waals surface area contributed by atoms with Crippen molar-refractivity contribution in [3.8, 4) is 0 Å². The van der Waals surface area contributed by atoms with Gasteiger partial charge >= 0.3 is 5.63 Å². The predicted molar refractivity (Wildman–Crippen MR) is 47.4 cm³/mol. The third-order valence-electron chi connectivity index (χ3n) is 1.88. The van der Waals surface area contributed by atoms with Gasteiger partial charge in [0.1, 0.15) is 0 Å². The maximum absolute atomic E-state index is 11.2. The molecule has 0 radical (unpaired) electrons. The molecular formula is C9H15NO2. The van der Waals surface area contributed by atoms with Gasteiger partial charge in [0, 0.05) is 0 Å². The Morgan fingerprint density at radius 3 is 2.33 bits per heavy atom. The number of H-pyrrole nitrogens is 1. The van der Waals surface area contributed by atoms with Gasteiger partial charge in [-0.1, -0.05) is 27.7 Å². The van der Waals surface area contributed by atoms with Gasteiger partial charge in [-0.3, -0.25) is 0 Å². The van der Waals surface area contributed by atoms with Crippen LogP contribution in [0.15, 0.2) is 9.32 Å². The highest BCUT2D eigenvalue weighted by atomic mass is 16.5. The number of nitrogens with one attached hydrogen (secondary N) is 1. The summed E-state index contributed by atoms with van der Waals surface area (Å²) in [5.74, 6) is 0. The lowest BCUT2D eigenvalue weighted by molar-refractivity contribution is 0.382. The molecule has 1 rings (SSSR count). The number of rotatable bonds is 1. The summed E-state index contributed by atoms with van der Waals surface area (Å²) in [7, 11) is 0. The van der Waals surface area contributed by atoms with Gasteiger partial charge in [0.15, 0.2) is 0 Å². The third-order valence-corrected chi connectivity index (χ3v) is 1.88. The monoisotopic (exact) mass is 169 g/mol. The SMILES string of the molecule is CCc1[nH]oc(=O)c1C(C)(C)C. The zero-order chi connectivity index (χ0) is 9.35. The van der Waals surface area contributed by atoms with Crippen LogP contribution in [0.4, 0.5) is 0 Å². The molecule has 1 heterocycles. The molecule has 1 aromatic heterocycles. The number of aromatic amines is 1. The van der Waals surface area contributed by atoms with Crippen LogP contribution in [0.3, 0.4) is 0 Å². The minimum atomic E-state index is -0.237. The van der Waals surface area contributed by atoms with Gasteiger partial charge in [0.05, 0.1) is 11.3 Å². The van der Waals surface area contributed by atoms with Crippen molar-refractivity contribution in [3.05, 3.63) is 21.7 Å². The zero-order valence-corrected chi connectivity index (χ0v) is 8.02. The lowest BCUT2D eigenvalue weighted by atomic mass is 9.87. The van der Waals surface area contributed by atoms with Crippen molar-refractivity contribution in [1.82, 2.24) is 5.16 Å². The van der Waals surface area contributed by atoms with Gasteiger partial charge in [0.2, 0.25) is 0 Å². The van der Waals surface area contributed by atoms with E-state index >= 15 is 0 Å². The van der Waals surface area contributed by atoms with Crippen LogP contribution in [0.5, 0.6) is 0 Å². The summed E-state index contributed by atoms with van der Waals surface area (Å²) >= 11 is 0. The quantitative estimate of drug-likeness (QED) is 0.697. The second-order valence-electron chi connectivity index (χ2n) is 3.95. The van der Waals surface area contributed by atoms with E-state index < -0.39 is 0 Å². The molecule has 0 unspecified atom stereocenters. The number of hydrogen-bond donors (Lipinski definition) is 1. The van der Waals surface area contributed by atoms with Crippen molar-refractivity contribution in [3.63, 3.8) is 0 Å². The molecule has 0 aliphatic rings. The molecular weight excluding hydrogens is 154 g/mol. The van der Waals surface area contributed by atoms with Gasteiger partial charge in [-0.15, -0.1) is 0 Å². The van der Waals surface area contributed by atoms with Gasteiger partial charge in [-0.2, -0.15) is 0 Å². The Labute approximate surface area is 71.7 Å². The smallest absolute Gasteiger partial charge is 0.339 e. The van der Waals surface area contributed by atoms with E-state index in [9.17, 15) is 4.79 Å². The number of aryl methyl sites for hydroxylation is 1. The van der Waals surface area contributed by atoms with Crippen LogP contribution in [0, 0.1) is 0 Å². The Kier molecular flexibility index (Phi) is 2.13. The molecule has 0 atom stereocenters. The van der Waals surface area contributed by atoms with E-state index in [0.29, 0.717) is 0 Å². The van der Waals surface area contributed by atoms with E-state index in [2.05, 4.69) is 5.16 Å². The van der Waals surface area contributed by atoms with Crippen LogP contribution in [0.2, 0.25) is 0 Å². The summed E-state index contributed by atoms with van der Waals surface area (Å²) in [6, 6.07) is 0. The normalized spacial score (nSPS) is 12.0. The molecule has 0 spiro atoms. The molecule has 0 fully saturated rings. The molecule has 1 N–H and O–H groups in total. The molecule has 0 amide bonds. The first-order chi connectivity index (χ1) is 5.46. The average Bonchev–Trinajstić information content (AvgIpc) is 2.29. The fraction of sp³-hybridized carbons (Fsp3) is 0.667. The lowest BCUT2D eigenvalue weighted by Crippen LogP contribution is -2.20. The van der Waals surface area contributed by atoms with Gasteiger partial charge in [-0.05, 0) is 11.8 Å². The van der Waals surface area contributed by atoms with E-state index in [1.807, 2.05) is 27.7 Å². The molecule has 3 heteroatoms. The molecule has 68 valence electrons. The van der Waals surface area contributed by atoms with Crippen molar-refractivity contribution in [2.45, 2.75) is 39.5 Å². The van der Waals surface area contributed by atoms with E-state index in [4.69, 9.17) is 4.52 Å². The zero-order valence-electron chi connectivity index (χ0n) is 8.02. The minimum absolute atomic E-state index is 0.133. The number of aromatic nitrogens is 1. The molecule has 0 aliphatic carbocycles. The minimum Gasteiger partial charge on any atom is -0.339 e. The van der Waals surface area contributed by atoms with Crippen molar-refractivity contribution < 1.29 is 4.52 Å². The highest BCUT2D eigenvalue weighted by Crippen LogP contribution is 2.21. The predicted octanol–water partition coefficient (Wildman–Crippen LogP) is 1.83. The van der Waals surface area contributed by atoms with Crippen molar-refractivity contribution in [2.24, 2.45) is 0 Å². The van der Waals surface area contributed by atoms with Crippen LogP contribution in [0.1, 0.15) is 39.0 Å². The maximum Gasteiger partial charge on any atom is 0.361 e. The molecule has 0 aromatic carbocycles. The Morgan fingerprint density at radius 1 is 1.42 bits per heavy atom. The number of hydrogen-bond acceptors (Lipinski definition) is 2. The highest BCUT2D eigenvalue weighted by molar-refractivity contribution is 5.23. The average molecular weight is 169 g/mol. The second-order valence-corrected chi connectivity index (χ2v) is 3.95. The summed E-state index contributed by atoms with van der Waals surface area (Å²) in [5, 5.41) is 2.64. The fourth-order valence-corrected chi connectivity index (χ4v) is 1.34. The van der Waals surface area contributed by atoms with Gasteiger partial charge in [-0.25, -0.2) is 9.95 Å². The Morgan fingerprint density at radius 2 is 2.00 bits per heavy atom. The van der Waals surface area contributed by atoms with Crippen LogP contribution >= 0.6 is 0 Å². The molecule has 12 heavy (non-hydrogen) atoms. The Balaban J connectivity index is 3.29. The fourth-order valence-electron chi connectivity index (χ4n) is 1.34. The van der Waals surface area contributed by atoms with Crippen LogP contribution < -0.4 is 5.63 Å². The molecule has 3 nitrogen and oxygen atoms in total. The largest absolute Gasteiger partial charge is 0.361 e. The molecule has 0 saturated heterocycles. The van der Waals surface area contributed by atoms with Gasteiger partial charge < -0.3 is 4.52 Å². The summed E-state index contributed by atoms with van der Waals surface area (Å²) in [6.07, 6.45) is 0.804. The first-order valence-corrected chi connectivity index (χ1v) is 4.17. The lowest BCUT2D eigenvalue weighted by Gasteiger charge is -2.15. The summed E-state index contributed by atoms with van der Waals surface area (Å²) in [4.78, 5) is 11.2. The van der Waals surface area contributed by atoms with Crippen LogP contribution in [0.25, 0.3) is 0 Å². The molecule has 0 saturated carbocycles. The highest BCUT2D eigenvalue weighted by Gasteiger charge is 2.23. The van der Waals surface area contributed by atoms with Crippen LogP contribution in [-0.2, 0) is 11.8 Å². The van der Waals surface area contributed by atoms with E-state index in [0.717, 1.165) is 17.7 Å². The van der Waals surface area contributed by atoms with E-state index in [1.165, 1.54) is 0 Å².